The zero-order chi connectivity index (χ0) is 12.5. The molecule has 0 spiro atoms. The molecule has 0 N–H and O–H groups in total. The minimum atomic E-state index is -0.0582. The molecule has 0 saturated heterocycles. The first-order valence-corrected chi connectivity index (χ1v) is 5.79. The van der Waals surface area contributed by atoms with Crippen LogP contribution in [0, 0.1) is 6.92 Å². The molecular formula is C15H12N2O. The third-order valence-corrected chi connectivity index (χ3v) is 2.88. The number of benzene rings is 1. The highest BCUT2D eigenvalue weighted by molar-refractivity contribution is 5.62. The van der Waals surface area contributed by atoms with Gasteiger partial charge in [0.25, 0.3) is 5.56 Å². The number of aryl methyl sites for hydroxylation is 1. The van der Waals surface area contributed by atoms with E-state index in [1.54, 1.807) is 16.7 Å². The van der Waals surface area contributed by atoms with Gasteiger partial charge in [0.15, 0.2) is 0 Å². The Balaban J connectivity index is 2.28. The van der Waals surface area contributed by atoms with Crippen molar-refractivity contribution in [1.29, 1.82) is 0 Å². The Morgan fingerprint density at radius 1 is 1.06 bits per heavy atom. The van der Waals surface area contributed by atoms with Crippen LogP contribution in [0.2, 0.25) is 0 Å². The van der Waals surface area contributed by atoms with E-state index in [4.69, 9.17) is 0 Å². The van der Waals surface area contributed by atoms with E-state index in [1.807, 2.05) is 49.4 Å². The maximum atomic E-state index is 12.0. The van der Waals surface area contributed by atoms with E-state index in [1.165, 1.54) is 0 Å². The number of pyridine rings is 1. The van der Waals surface area contributed by atoms with Crippen molar-refractivity contribution < 1.29 is 0 Å². The molecule has 0 radical (unpaired) electrons. The number of aromatic nitrogens is 2. The van der Waals surface area contributed by atoms with Crippen LogP contribution < -0.4 is 5.56 Å². The normalized spacial score (nSPS) is 10.7. The van der Waals surface area contributed by atoms with Crippen LogP contribution in [-0.2, 0) is 0 Å². The van der Waals surface area contributed by atoms with E-state index in [0.29, 0.717) is 5.65 Å². The van der Waals surface area contributed by atoms with Crippen LogP contribution in [0.3, 0.4) is 0 Å². The Hall–Kier alpha value is -2.42. The summed E-state index contributed by atoms with van der Waals surface area (Å²) in [6.07, 6.45) is 1.73. The topological polar surface area (TPSA) is 34.4 Å². The standard InChI is InChI=1S/C15H12N2O/c1-11-5-4-6-12(9-11)13-10-15(18)17-8-3-2-7-14(17)16-13/h2-10H,1H3. The molecule has 3 heteroatoms. The van der Waals surface area contributed by atoms with Gasteiger partial charge in [-0.3, -0.25) is 9.20 Å². The molecule has 0 unspecified atom stereocenters. The van der Waals surface area contributed by atoms with Gasteiger partial charge < -0.3 is 0 Å². The number of hydrogen-bond acceptors (Lipinski definition) is 2. The molecule has 88 valence electrons. The van der Waals surface area contributed by atoms with Crippen LogP contribution in [0.5, 0.6) is 0 Å². The molecule has 0 bridgehead atoms. The molecule has 3 nitrogen and oxygen atoms in total. The molecule has 3 rings (SSSR count). The van der Waals surface area contributed by atoms with E-state index in [-0.39, 0.29) is 5.56 Å². The number of nitrogens with zero attached hydrogens (tertiary/aromatic N) is 2. The SMILES string of the molecule is Cc1cccc(-c2cc(=O)n3ccccc3n2)c1. The summed E-state index contributed by atoms with van der Waals surface area (Å²) in [6.45, 7) is 2.03. The van der Waals surface area contributed by atoms with Crippen LogP contribution >= 0.6 is 0 Å². The van der Waals surface area contributed by atoms with E-state index >= 15 is 0 Å². The average Bonchev–Trinajstić information content (AvgIpc) is 2.39. The third kappa shape index (κ3) is 1.80. The quantitative estimate of drug-likeness (QED) is 0.651. The molecule has 0 aliphatic carbocycles. The van der Waals surface area contributed by atoms with Crippen molar-refractivity contribution in [3.05, 3.63) is 70.6 Å². The minimum Gasteiger partial charge on any atom is -0.269 e. The molecule has 0 fully saturated rings. The van der Waals surface area contributed by atoms with Crippen molar-refractivity contribution in [2.45, 2.75) is 6.92 Å². The van der Waals surface area contributed by atoms with Crippen molar-refractivity contribution in [3.63, 3.8) is 0 Å². The van der Waals surface area contributed by atoms with Gasteiger partial charge in [0.1, 0.15) is 5.65 Å². The van der Waals surface area contributed by atoms with Crippen LogP contribution in [0.25, 0.3) is 16.9 Å². The Bertz CT molecular complexity index is 775. The summed E-state index contributed by atoms with van der Waals surface area (Å²) < 4.78 is 1.54. The van der Waals surface area contributed by atoms with Gasteiger partial charge in [0.05, 0.1) is 5.69 Å². The monoisotopic (exact) mass is 236 g/mol. The van der Waals surface area contributed by atoms with Crippen molar-refractivity contribution in [2.75, 3.05) is 0 Å². The molecule has 2 heterocycles. The van der Waals surface area contributed by atoms with E-state index in [2.05, 4.69) is 4.98 Å². The minimum absolute atomic E-state index is 0.0582. The lowest BCUT2D eigenvalue weighted by atomic mass is 10.1. The summed E-state index contributed by atoms with van der Waals surface area (Å²) in [4.78, 5) is 16.5. The predicted octanol–water partition coefficient (Wildman–Crippen LogP) is 2.67. The fourth-order valence-electron chi connectivity index (χ4n) is 2.01. The fourth-order valence-corrected chi connectivity index (χ4v) is 2.01. The summed E-state index contributed by atoms with van der Waals surface area (Å²) in [5.41, 5.74) is 3.45. The lowest BCUT2D eigenvalue weighted by molar-refractivity contribution is 1.05. The molecule has 0 atom stereocenters. The molecular weight excluding hydrogens is 224 g/mol. The fraction of sp³-hybridized carbons (Fsp3) is 0.0667. The first-order chi connectivity index (χ1) is 8.74. The van der Waals surface area contributed by atoms with Gasteiger partial charge in [0.2, 0.25) is 0 Å². The van der Waals surface area contributed by atoms with Crippen molar-refractivity contribution in [2.24, 2.45) is 0 Å². The van der Waals surface area contributed by atoms with E-state index < -0.39 is 0 Å². The van der Waals surface area contributed by atoms with E-state index in [0.717, 1.165) is 16.8 Å². The van der Waals surface area contributed by atoms with Gasteiger partial charge in [0, 0.05) is 17.8 Å². The zero-order valence-corrected chi connectivity index (χ0v) is 10.00. The molecule has 3 aromatic rings. The average molecular weight is 236 g/mol. The molecule has 18 heavy (non-hydrogen) atoms. The highest BCUT2D eigenvalue weighted by atomic mass is 16.1. The predicted molar refractivity (Wildman–Crippen MR) is 71.6 cm³/mol. The zero-order valence-electron chi connectivity index (χ0n) is 10.00. The van der Waals surface area contributed by atoms with Crippen molar-refractivity contribution in [3.8, 4) is 11.3 Å². The van der Waals surface area contributed by atoms with Crippen LogP contribution in [0.15, 0.2) is 59.5 Å². The van der Waals surface area contributed by atoms with Gasteiger partial charge in [-0.15, -0.1) is 0 Å². The van der Waals surface area contributed by atoms with Crippen LogP contribution in [0.4, 0.5) is 0 Å². The van der Waals surface area contributed by atoms with Crippen LogP contribution in [-0.4, -0.2) is 9.38 Å². The Kier molecular flexibility index (Phi) is 2.45. The summed E-state index contributed by atoms with van der Waals surface area (Å²) in [7, 11) is 0. The summed E-state index contributed by atoms with van der Waals surface area (Å²) in [5.74, 6) is 0. The van der Waals surface area contributed by atoms with Crippen molar-refractivity contribution in [1.82, 2.24) is 9.38 Å². The van der Waals surface area contributed by atoms with Crippen molar-refractivity contribution >= 4 is 5.65 Å². The summed E-state index contributed by atoms with van der Waals surface area (Å²) in [5, 5.41) is 0. The maximum absolute atomic E-state index is 12.0. The van der Waals surface area contributed by atoms with E-state index in [9.17, 15) is 4.79 Å². The lowest BCUT2D eigenvalue weighted by Crippen LogP contribution is -2.13. The Morgan fingerprint density at radius 2 is 1.94 bits per heavy atom. The molecule has 0 saturated carbocycles. The first-order valence-electron chi connectivity index (χ1n) is 5.79. The maximum Gasteiger partial charge on any atom is 0.258 e. The third-order valence-electron chi connectivity index (χ3n) is 2.88. The number of rotatable bonds is 1. The van der Waals surface area contributed by atoms with Gasteiger partial charge >= 0.3 is 0 Å². The Morgan fingerprint density at radius 3 is 2.78 bits per heavy atom. The van der Waals surface area contributed by atoms with Crippen LogP contribution in [0.1, 0.15) is 5.56 Å². The second-order valence-electron chi connectivity index (χ2n) is 4.28. The lowest BCUT2D eigenvalue weighted by Gasteiger charge is -2.04. The molecule has 0 aliphatic rings. The molecule has 0 amide bonds. The second kappa shape index (κ2) is 4.11. The molecule has 2 aromatic heterocycles. The number of hydrogen-bond donors (Lipinski definition) is 0. The number of fused-ring (bicyclic) bond motifs is 1. The summed E-state index contributed by atoms with van der Waals surface area (Å²) in [6, 6.07) is 15.1. The highest BCUT2D eigenvalue weighted by Gasteiger charge is 2.04. The van der Waals surface area contributed by atoms with Gasteiger partial charge in [-0.05, 0) is 25.1 Å². The molecule has 0 aliphatic heterocycles. The highest BCUT2D eigenvalue weighted by Crippen LogP contribution is 2.17. The summed E-state index contributed by atoms with van der Waals surface area (Å²) >= 11 is 0. The first kappa shape index (κ1) is 10.7. The smallest absolute Gasteiger partial charge is 0.258 e. The molecule has 1 aromatic carbocycles. The van der Waals surface area contributed by atoms with Gasteiger partial charge in [-0.2, -0.15) is 0 Å². The van der Waals surface area contributed by atoms with Gasteiger partial charge in [-0.25, -0.2) is 4.98 Å². The second-order valence-corrected chi connectivity index (χ2v) is 4.28. The largest absolute Gasteiger partial charge is 0.269 e. The van der Waals surface area contributed by atoms with Gasteiger partial charge in [-0.1, -0.05) is 29.8 Å². The Labute approximate surface area is 104 Å².